The van der Waals surface area contributed by atoms with Crippen LogP contribution in [0.3, 0.4) is 0 Å². The van der Waals surface area contributed by atoms with Crippen molar-refractivity contribution in [2.75, 3.05) is 12.4 Å². The lowest BCUT2D eigenvalue weighted by Crippen LogP contribution is -2.13. The molecule has 0 bridgehead atoms. The molecule has 1 aliphatic carbocycles. The fourth-order valence-corrected chi connectivity index (χ4v) is 4.63. The van der Waals surface area contributed by atoms with Gasteiger partial charge in [-0.2, -0.15) is 0 Å². The van der Waals surface area contributed by atoms with Gasteiger partial charge < -0.3 is 10.1 Å². The van der Waals surface area contributed by atoms with E-state index in [2.05, 4.69) is 20.8 Å². The molecule has 0 atom stereocenters. The largest absolute Gasteiger partial charge is 0.465 e. The lowest BCUT2D eigenvalue weighted by molar-refractivity contribution is -0.111. The number of aromatic nitrogens is 4. The zero-order valence-electron chi connectivity index (χ0n) is 15.8. The number of benzene rings is 1. The fourth-order valence-electron chi connectivity index (χ4n) is 3.35. The van der Waals surface area contributed by atoms with Crippen LogP contribution in [-0.2, 0) is 22.4 Å². The number of methoxy groups -OCH3 is 1. The summed E-state index contributed by atoms with van der Waals surface area (Å²) in [4.78, 5) is 25.9. The van der Waals surface area contributed by atoms with Gasteiger partial charge in [0, 0.05) is 11.0 Å². The van der Waals surface area contributed by atoms with Gasteiger partial charge in [-0.1, -0.05) is 12.1 Å². The summed E-state index contributed by atoms with van der Waals surface area (Å²) in [7, 11) is 1.36. The van der Waals surface area contributed by atoms with E-state index in [1.54, 1.807) is 6.08 Å². The normalized spacial score (nSPS) is 13.3. The van der Waals surface area contributed by atoms with Gasteiger partial charge >= 0.3 is 5.97 Å². The standard InChI is InChI=1S/C20H19N5O3S/c1-28-20(27)18-15-7-2-3-8-16(15)29-19(18)22-17(26)10-9-13-5-4-6-14(11-13)25-12-21-23-24-25/h4-6,9-12H,2-3,7-8H2,1H3,(H,22,26)/b10-9+. The monoisotopic (exact) mass is 409 g/mol. The van der Waals surface area contributed by atoms with Gasteiger partial charge in [0.25, 0.3) is 0 Å². The highest BCUT2D eigenvalue weighted by Gasteiger charge is 2.26. The molecule has 3 aromatic rings. The summed E-state index contributed by atoms with van der Waals surface area (Å²) in [6, 6.07) is 7.47. The number of esters is 1. The number of amides is 1. The first-order valence-corrected chi connectivity index (χ1v) is 10.0. The average molecular weight is 409 g/mol. The van der Waals surface area contributed by atoms with E-state index in [4.69, 9.17) is 4.74 Å². The number of nitrogens with one attached hydrogen (secondary N) is 1. The summed E-state index contributed by atoms with van der Waals surface area (Å²) in [5, 5.41) is 14.5. The Labute approximate surface area is 171 Å². The summed E-state index contributed by atoms with van der Waals surface area (Å²) >= 11 is 1.46. The third-order valence-electron chi connectivity index (χ3n) is 4.71. The second-order valence-corrected chi connectivity index (χ2v) is 7.68. The number of ether oxygens (including phenoxy) is 1. The molecule has 4 rings (SSSR count). The Morgan fingerprint density at radius 1 is 1.28 bits per heavy atom. The lowest BCUT2D eigenvalue weighted by Gasteiger charge is -2.11. The maximum absolute atomic E-state index is 12.5. The molecule has 2 aromatic heterocycles. The minimum Gasteiger partial charge on any atom is -0.465 e. The number of thiophene rings is 1. The Hall–Kier alpha value is -3.33. The van der Waals surface area contributed by atoms with Crippen molar-refractivity contribution in [3.05, 3.63) is 58.2 Å². The number of carbonyl (C=O) groups excluding carboxylic acids is 2. The van der Waals surface area contributed by atoms with Crippen LogP contribution >= 0.6 is 11.3 Å². The third kappa shape index (κ3) is 4.09. The Morgan fingerprint density at radius 3 is 2.93 bits per heavy atom. The molecule has 0 radical (unpaired) electrons. The van der Waals surface area contributed by atoms with Crippen LogP contribution in [-0.4, -0.2) is 39.2 Å². The number of aryl methyl sites for hydroxylation is 1. The molecule has 0 saturated carbocycles. The SMILES string of the molecule is COC(=O)c1c(NC(=O)/C=C/c2cccc(-n3cnnn3)c2)sc2c1CCCC2. The summed E-state index contributed by atoms with van der Waals surface area (Å²) in [6.07, 6.45) is 8.55. The average Bonchev–Trinajstić information content (AvgIpc) is 3.40. The van der Waals surface area contributed by atoms with E-state index in [1.807, 2.05) is 24.3 Å². The van der Waals surface area contributed by atoms with E-state index in [9.17, 15) is 9.59 Å². The molecule has 29 heavy (non-hydrogen) atoms. The van der Waals surface area contributed by atoms with Crippen molar-refractivity contribution in [1.82, 2.24) is 20.2 Å². The van der Waals surface area contributed by atoms with Crippen molar-refractivity contribution in [2.24, 2.45) is 0 Å². The van der Waals surface area contributed by atoms with Gasteiger partial charge in [-0.3, -0.25) is 4.79 Å². The quantitative estimate of drug-likeness (QED) is 0.514. The van der Waals surface area contributed by atoms with Gasteiger partial charge in [0.15, 0.2) is 0 Å². The molecule has 1 amide bonds. The van der Waals surface area contributed by atoms with Gasteiger partial charge in [0.05, 0.1) is 18.4 Å². The molecule has 0 saturated heterocycles. The second kappa shape index (κ2) is 8.36. The second-order valence-electron chi connectivity index (χ2n) is 6.58. The number of tetrazole rings is 1. The molecule has 0 spiro atoms. The van der Waals surface area contributed by atoms with Crippen LogP contribution < -0.4 is 5.32 Å². The third-order valence-corrected chi connectivity index (χ3v) is 5.92. The predicted octanol–water partition coefficient (Wildman–Crippen LogP) is 3.04. The van der Waals surface area contributed by atoms with Gasteiger partial charge in [-0.25, -0.2) is 9.48 Å². The number of rotatable bonds is 5. The molecular weight excluding hydrogens is 390 g/mol. The minimum atomic E-state index is -0.405. The maximum atomic E-state index is 12.5. The molecule has 0 aliphatic heterocycles. The number of anilines is 1. The lowest BCUT2D eigenvalue weighted by atomic mass is 9.95. The van der Waals surface area contributed by atoms with Crippen LogP contribution in [0.1, 0.15) is 39.2 Å². The van der Waals surface area contributed by atoms with Crippen molar-refractivity contribution in [3.8, 4) is 5.69 Å². The first kappa shape index (κ1) is 19.0. The summed E-state index contributed by atoms with van der Waals surface area (Å²) in [5.41, 5.74) is 3.12. The Morgan fingerprint density at radius 2 is 2.14 bits per heavy atom. The fraction of sp³-hybridized carbons (Fsp3) is 0.250. The molecular formula is C20H19N5O3S. The molecule has 8 nitrogen and oxygen atoms in total. The van der Waals surface area contributed by atoms with Crippen molar-refractivity contribution >= 4 is 34.3 Å². The molecule has 0 fully saturated rings. The van der Waals surface area contributed by atoms with Crippen LogP contribution in [0.2, 0.25) is 0 Å². The highest BCUT2D eigenvalue weighted by Crippen LogP contribution is 2.38. The van der Waals surface area contributed by atoms with Gasteiger partial charge in [-0.15, -0.1) is 16.4 Å². The molecule has 1 aliphatic rings. The summed E-state index contributed by atoms with van der Waals surface area (Å²) in [5.74, 6) is -0.709. The van der Waals surface area contributed by atoms with Gasteiger partial charge in [-0.05, 0) is 65.4 Å². The van der Waals surface area contributed by atoms with Crippen molar-refractivity contribution in [2.45, 2.75) is 25.7 Å². The highest BCUT2D eigenvalue weighted by molar-refractivity contribution is 7.17. The van der Waals surface area contributed by atoms with Gasteiger partial charge in [0.2, 0.25) is 5.91 Å². The molecule has 9 heteroatoms. The summed E-state index contributed by atoms with van der Waals surface area (Å²) < 4.78 is 6.48. The number of carbonyl (C=O) groups is 2. The van der Waals surface area contributed by atoms with Crippen LogP contribution in [0, 0.1) is 0 Å². The Kier molecular flexibility index (Phi) is 5.48. The van der Waals surface area contributed by atoms with E-state index >= 15 is 0 Å². The van der Waals surface area contributed by atoms with Crippen molar-refractivity contribution < 1.29 is 14.3 Å². The number of fused-ring (bicyclic) bond motifs is 1. The maximum Gasteiger partial charge on any atom is 0.341 e. The van der Waals surface area contributed by atoms with E-state index < -0.39 is 5.97 Å². The number of nitrogens with zero attached hydrogens (tertiary/aromatic N) is 4. The predicted molar refractivity (Wildman–Crippen MR) is 109 cm³/mol. The van der Waals surface area contributed by atoms with E-state index in [1.165, 1.54) is 35.5 Å². The zero-order chi connectivity index (χ0) is 20.2. The molecule has 1 N–H and O–H groups in total. The number of hydrogen-bond acceptors (Lipinski definition) is 7. The van der Waals surface area contributed by atoms with Crippen molar-refractivity contribution in [3.63, 3.8) is 0 Å². The molecule has 1 aromatic carbocycles. The molecule has 0 unspecified atom stereocenters. The topological polar surface area (TPSA) is 99.0 Å². The molecule has 148 valence electrons. The van der Waals surface area contributed by atoms with Crippen LogP contribution in [0.4, 0.5) is 5.00 Å². The van der Waals surface area contributed by atoms with E-state index in [-0.39, 0.29) is 5.91 Å². The minimum absolute atomic E-state index is 0.304. The van der Waals surface area contributed by atoms with Crippen LogP contribution in [0.5, 0.6) is 0 Å². The first-order valence-electron chi connectivity index (χ1n) is 9.21. The van der Waals surface area contributed by atoms with Crippen LogP contribution in [0.25, 0.3) is 11.8 Å². The van der Waals surface area contributed by atoms with Crippen LogP contribution in [0.15, 0.2) is 36.7 Å². The van der Waals surface area contributed by atoms with E-state index in [0.717, 1.165) is 47.4 Å². The smallest absolute Gasteiger partial charge is 0.341 e. The summed E-state index contributed by atoms with van der Waals surface area (Å²) in [6.45, 7) is 0. The molecule has 2 heterocycles. The Balaban J connectivity index is 1.52. The first-order chi connectivity index (χ1) is 14.2. The van der Waals surface area contributed by atoms with Crippen molar-refractivity contribution in [1.29, 1.82) is 0 Å². The Bertz CT molecular complexity index is 1070. The number of hydrogen-bond donors (Lipinski definition) is 1. The van der Waals surface area contributed by atoms with Gasteiger partial charge in [0.1, 0.15) is 11.3 Å². The highest BCUT2D eigenvalue weighted by atomic mass is 32.1. The van der Waals surface area contributed by atoms with E-state index in [0.29, 0.717) is 10.6 Å². The zero-order valence-corrected chi connectivity index (χ0v) is 16.6.